The van der Waals surface area contributed by atoms with E-state index in [0.29, 0.717) is 29.3 Å². The van der Waals surface area contributed by atoms with Gasteiger partial charge >= 0.3 is 6.18 Å². The summed E-state index contributed by atoms with van der Waals surface area (Å²) < 4.78 is 41.6. The molecule has 4 rings (SSSR count). The minimum atomic E-state index is -4.92. The van der Waals surface area contributed by atoms with Crippen molar-refractivity contribution in [3.63, 3.8) is 0 Å². The lowest BCUT2D eigenvalue weighted by atomic mass is 9.93. The zero-order chi connectivity index (χ0) is 24.0. The average Bonchev–Trinajstić information content (AvgIpc) is 3.16. The highest BCUT2D eigenvalue weighted by molar-refractivity contribution is 6.04. The SMILES string of the molecule is Cc1ccc(C(=O)Nc2ccnn2C)cc1-c1ccc2c(C(C)(O)C(F)(F)F)nncc2c1. The molecule has 2 N–H and O–H groups in total. The van der Waals surface area contributed by atoms with Crippen LogP contribution in [0, 0.1) is 6.92 Å². The first-order valence-electron chi connectivity index (χ1n) is 9.94. The molecule has 2 aromatic heterocycles. The lowest BCUT2D eigenvalue weighted by Gasteiger charge is -2.26. The van der Waals surface area contributed by atoms with Gasteiger partial charge in [0.15, 0.2) is 0 Å². The molecule has 7 nitrogen and oxygen atoms in total. The Labute approximate surface area is 186 Å². The number of carbonyl (C=O) groups excluding carboxylic acids is 1. The number of aromatic nitrogens is 4. The molecule has 0 saturated heterocycles. The molecule has 33 heavy (non-hydrogen) atoms. The third-order valence-corrected chi connectivity index (χ3v) is 5.55. The molecule has 0 aliphatic rings. The van der Waals surface area contributed by atoms with Gasteiger partial charge in [0.2, 0.25) is 5.60 Å². The van der Waals surface area contributed by atoms with Crippen molar-refractivity contribution in [2.75, 3.05) is 5.32 Å². The highest BCUT2D eigenvalue weighted by atomic mass is 19.4. The Bertz CT molecular complexity index is 1360. The molecule has 10 heteroatoms. The first-order valence-corrected chi connectivity index (χ1v) is 9.94. The Hall–Kier alpha value is -3.79. The fraction of sp³-hybridized carbons (Fsp3) is 0.217. The van der Waals surface area contributed by atoms with E-state index in [4.69, 9.17) is 0 Å². The molecule has 170 valence electrons. The Balaban J connectivity index is 1.74. The molecule has 4 aromatic rings. The number of alkyl halides is 3. The number of aliphatic hydroxyl groups is 1. The molecule has 2 heterocycles. The molecular formula is C23H20F3N5O2. The molecule has 2 aromatic carbocycles. The van der Waals surface area contributed by atoms with Crippen LogP contribution >= 0.6 is 0 Å². The number of hydrogen-bond acceptors (Lipinski definition) is 5. The summed E-state index contributed by atoms with van der Waals surface area (Å²) in [5, 5.41) is 24.6. The number of benzene rings is 2. The summed E-state index contributed by atoms with van der Waals surface area (Å²) in [5.41, 5.74) is -1.03. The van der Waals surface area contributed by atoms with Gasteiger partial charge in [0, 0.05) is 29.4 Å². The van der Waals surface area contributed by atoms with Gasteiger partial charge in [0.05, 0.1) is 12.4 Å². The van der Waals surface area contributed by atoms with E-state index in [1.54, 1.807) is 49.6 Å². The van der Waals surface area contributed by atoms with Crippen LogP contribution in [0.25, 0.3) is 21.9 Å². The van der Waals surface area contributed by atoms with Crippen LogP contribution in [0.4, 0.5) is 19.0 Å². The van der Waals surface area contributed by atoms with Crippen molar-refractivity contribution in [3.05, 3.63) is 71.7 Å². The van der Waals surface area contributed by atoms with E-state index in [1.807, 2.05) is 6.92 Å². The maximum Gasteiger partial charge on any atom is 0.422 e. The zero-order valence-corrected chi connectivity index (χ0v) is 18.0. The highest BCUT2D eigenvalue weighted by Crippen LogP contribution is 2.40. The number of rotatable bonds is 4. The summed E-state index contributed by atoms with van der Waals surface area (Å²) in [6.07, 6.45) is -2.01. The molecule has 0 saturated carbocycles. The lowest BCUT2D eigenvalue weighted by molar-refractivity contribution is -0.260. The second kappa shape index (κ2) is 7.96. The molecule has 0 bridgehead atoms. The van der Waals surface area contributed by atoms with Crippen LogP contribution in [-0.2, 0) is 12.6 Å². The van der Waals surface area contributed by atoms with Gasteiger partial charge in [-0.05, 0) is 48.7 Å². The van der Waals surface area contributed by atoms with Crippen molar-refractivity contribution in [1.29, 1.82) is 0 Å². The van der Waals surface area contributed by atoms with Crippen molar-refractivity contribution in [1.82, 2.24) is 20.0 Å². The standard InChI is InChI=1S/C23H20F3N5O2/c1-13-4-5-15(21(32)29-19-8-9-28-31(19)3)11-18(13)14-6-7-17-16(10-14)12-27-30-20(17)22(2,33)23(24,25)26/h4-12,33H,1-3H3,(H,29,32). The molecule has 1 atom stereocenters. The van der Waals surface area contributed by atoms with Crippen LogP contribution in [0.5, 0.6) is 0 Å². The largest absolute Gasteiger partial charge is 0.422 e. The van der Waals surface area contributed by atoms with Crippen molar-refractivity contribution in [2.24, 2.45) is 7.05 Å². The molecule has 0 aliphatic carbocycles. The van der Waals surface area contributed by atoms with Crippen molar-refractivity contribution < 1.29 is 23.1 Å². The van der Waals surface area contributed by atoms with Gasteiger partial charge in [-0.15, -0.1) is 0 Å². The third-order valence-electron chi connectivity index (χ3n) is 5.55. The summed E-state index contributed by atoms with van der Waals surface area (Å²) in [6, 6.07) is 11.6. The minimum Gasteiger partial charge on any atom is -0.375 e. The number of aryl methyl sites for hydroxylation is 2. The minimum absolute atomic E-state index is 0.138. The van der Waals surface area contributed by atoms with Crippen LogP contribution < -0.4 is 5.32 Å². The smallest absolute Gasteiger partial charge is 0.375 e. The maximum atomic E-state index is 13.4. The van der Waals surface area contributed by atoms with Crippen LogP contribution in [0.3, 0.4) is 0 Å². The number of fused-ring (bicyclic) bond motifs is 1. The monoisotopic (exact) mass is 455 g/mol. The number of nitrogens with one attached hydrogen (secondary N) is 1. The number of halogens is 3. The van der Waals surface area contributed by atoms with E-state index >= 15 is 0 Å². The van der Waals surface area contributed by atoms with Crippen LogP contribution in [0.15, 0.2) is 54.9 Å². The Morgan fingerprint density at radius 2 is 1.88 bits per heavy atom. The number of hydrogen-bond donors (Lipinski definition) is 2. The summed E-state index contributed by atoms with van der Waals surface area (Å²) in [7, 11) is 1.71. The summed E-state index contributed by atoms with van der Waals surface area (Å²) >= 11 is 0. The predicted molar refractivity (Wildman–Crippen MR) is 116 cm³/mol. The zero-order valence-electron chi connectivity index (χ0n) is 18.0. The van der Waals surface area contributed by atoms with E-state index in [0.717, 1.165) is 11.1 Å². The van der Waals surface area contributed by atoms with E-state index < -0.39 is 17.5 Å². The van der Waals surface area contributed by atoms with Gasteiger partial charge in [0.1, 0.15) is 11.5 Å². The second-order valence-electron chi connectivity index (χ2n) is 7.89. The predicted octanol–water partition coefficient (Wildman–Crippen LogP) is 4.36. The van der Waals surface area contributed by atoms with E-state index in [-0.39, 0.29) is 11.3 Å². The first kappa shape index (κ1) is 22.4. The molecule has 0 aliphatic heterocycles. The number of nitrogens with zero attached hydrogens (tertiary/aromatic N) is 4. The maximum absolute atomic E-state index is 13.4. The molecule has 1 amide bonds. The molecule has 0 radical (unpaired) electrons. The first-order chi connectivity index (χ1) is 15.5. The second-order valence-corrected chi connectivity index (χ2v) is 7.89. The van der Waals surface area contributed by atoms with Crippen LogP contribution in [-0.4, -0.2) is 37.2 Å². The Kier molecular flexibility index (Phi) is 5.41. The Morgan fingerprint density at radius 1 is 1.12 bits per heavy atom. The summed E-state index contributed by atoms with van der Waals surface area (Å²) in [6.45, 7) is 2.52. The van der Waals surface area contributed by atoms with Gasteiger partial charge in [0.25, 0.3) is 5.91 Å². The van der Waals surface area contributed by atoms with Crippen molar-refractivity contribution >= 4 is 22.5 Å². The normalized spacial score (nSPS) is 13.7. The van der Waals surface area contributed by atoms with Gasteiger partial charge in [-0.1, -0.05) is 18.2 Å². The number of amides is 1. The number of carbonyl (C=O) groups is 1. The van der Waals surface area contributed by atoms with Crippen molar-refractivity contribution in [2.45, 2.75) is 25.6 Å². The van der Waals surface area contributed by atoms with Gasteiger partial charge < -0.3 is 10.4 Å². The van der Waals surface area contributed by atoms with E-state index in [9.17, 15) is 23.1 Å². The summed E-state index contributed by atoms with van der Waals surface area (Å²) in [4.78, 5) is 12.7. The van der Waals surface area contributed by atoms with E-state index in [1.165, 1.54) is 16.9 Å². The third kappa shape index (κ3) is 4.05. The molecule has 0 fully saturated rings. The van der Waals surface area contributed by atoms with Crippen LogP contribution in [0.1, 0.15) is 28.5 Å². The highest BCUT2D eigenvalue weighted by Gasteiger charge is 2.53. The Morgan fingerprint density at radius 3 is 2.55 bits per heavy atom. The average molecular weight is 455 g/mol. The summed E-state index contributed by atoms with van der Waals surface area (Å²) in [5.74, 6) is 0.214. The topological polar surface area (TPSA) is 92.9 Å². The van der Waals surface area contributed by atoms with Gasteiger partial charge in [-0.3, -0.25) is 9.48 Å². The molecular weight excluding hydrogens is 435 g/mol. The van der Waals surface area contributed by atoms with E-state index in [2.05, 4.69) is 20.6 Å². The number of anilines is 1. The van der Waals surface area contributed by atoms with Crippen molar-refractivity contribution in [3.8, 4) is 11.1 Å². The van der Waals surface area contributed by atoms with Gasteiger partial charge in [-0.2, -0.15) is 28.5 Å². The molecule has 1 unspecified atom stereocenters. The van der Waals surface area contributed by atoms with Gasteiger partial charge in [-0.25, -0.2) is 0 Å². The lowest BCUT2D eigenvalue weighted by Crippen LogP contribution is -2.40. The quantitative estimate of drug-likeness (QED) is 0.477. The van der Waals surface area contributed by atoms with Crippen LogP contribution in [0.2, 0.25) is 0 Å². The fourth-order valence-corrected chi connectivity index (χ4v) is 3.51. The molecule has 0 spiro atoms. The fourth-order valence-electron chi connectivity index (χ4n) is 3.51.